The average molecular weight is 440 g/mol. The number of hydrogen-bond acceptors (Lipinski definition) is 6. The number of aromatic hydroxyl groups is 2. The van der Waals surface area contributed by atoms with Crippen LogP contribution in [0.15, 0.2) is 48.8 Å². The standard InChI is InChI=1S/C24H28N2O6/c1-23(2,3)31-21(29)19-17(27)11-13-25(19)15-7-9-16(10-8-15)26-14-12-18(28)20(26)22(30)32-24(4,5)6/h7-14,27-28H,1-6H3. The molecule has 0 aliphatic heterocycles. The van der Waals surface area contributed by atoms with E-state index in [1.165, 1.54) is 21.3 Å². The van der Waals surface area contributed by atoms with Gasteiger partial charge in [0.2, 0.25) is 0 Å². The molecule has 1 aromatic carbocycles. The number of carbonyl (C=O) groups is 2. The first-order valence-electron chi connectivity index (χ1n) is 10.1. The Hall–Kier alpha value is -3.68. The van der Waals surface area contributed by atoms with Crippen molar-refractivity contribution in [2.45, 2.75) is 52.7 Å². The number of esters is 2. The van der Waals surface area contributed by atoms with E-state index in [-0.39, 0.29) is 22.9 Å². The van der Waals surface area contributed by atoms with Crippen LogP contribution < -0.4 is 0 Å². The second-order valence-corrected chi connectivity index (χ2v) is 9.36. The van der Waals surface area contributed by atoms with Crippen molar-refractivity contribution < 1.29 is 29.3 Å². The number of carbonyl (C=O) groups excluding carboxylic acids is 2. The second kappa shape index (κ2) is 8.11. The van der Waals surface area contributed by atoms with Crippen molar-refractivity contribution in [3.63, 3.8) is 0 Å². The molecule has 8 heteroatoms. The maximum Gasteiger partial charge on any atom is 0.359 e. The summed E-state index contributed by atoms with van der Waals surface area (Å²) in [5, 5.41) is 20.4. The minimum Gasteiger partial charge on any atom is -0.505 e. The molecule has 0 aliphatic carbocycles. The van der Waals surface area contributed by atoms with Gasteiger partial charge in [0.15, 0.2) is 11.4 Å². The first-order chi connectivity index (χ1) is 14.8. The third-order valence-electron chi connectivity index (χ3n) is 4.32. The van der Waals surface area contributed by atoms with Gasteiger partial charge in [-0.1, -0.05) is 0 Å². The molecule has 8 nitrogen and oxygen atoms in total. The van der Waals surface area contributed by atoms with Crippen molar-refractivity contribution in [1.29, 1.82) is 0 Å². The van der Waals surface area contributed by atoms with Crippen LogP contribution >= 0.6 is 0 Å². The summed E-state index contributed by atoms with van der Waals surface area (Å²) in [6.07, 6.45) is 3.13. The van der Waals surface area contributed by atoms with Crippen molar-refractivity contribution >= 4 is 11.9 Å². The van der Waals surface area contributed by atoms with E-state index < -0.39 is 23.1 Å². The molecule has 0 aliphatic rings. The van der Waals surface area contributed by atoms with Crippen LogP contribution in [0.4, 0.5) is 0 Å². The van der Waals surface area contributed by atoms with Crippen molar-refractivity contribution in [2.75, 3.05) is 0 Å². The molecule has 3 aromatic rings. The van der Waals surface area contributed by atoms with Crippen LogP contribution in [0.2, 0.25) is 0 Å². The van der Waals surface area contributed by atoms with Gasteiger partial charge in [-0.3, -0.25) is 0 Å². The van der Waals surface area contributed by atoms with Gasteiger partial charge in [0, 0.05) is 23.8 Å². The molecule has 0 radical (unpaired) electrons. The predicted molar refractivity (Wildman–Crippen MR) is 119 cm³/mol. The van der Waals surface area contributed by atoms with Crippen LogP contribution in [0.1, 0.15) is 62.5 Å². The Balaban J connectivity index is 1.95. The molecule has 0 bridgehead atoms. The van der Waals surface area contributed by atoms with Crippen molar-refractivity contribution in [3.05, 3.63) is 60.2 Å². The Morgan fingerprint density at radius 3 is 1.25 bits per heavy atom. The van der Waals surface area contributed by atoms with Gasteiger partial charge < -0.3 is 28.8 Å². The lowest BCUT2D eigenvalue weighted by Gasteiger charge is -2.21. The van der Waals surface area contributed by atoms with E-state index in [0.29, 0.717) is 11.4 Å². The summed E-state index contributed by atoms with van der Waals surface area (Å²) >= 11 is 0. The zero-order valence-electron chi connectivity index (χ0n) is 19.0. The largest absolute Gasteiger partial charge is 0.505 e. The number of hydrogen-bond donors (Lipinski definition) is 2. The van der Waals surface area contributed by atoms with Crippen LogP contribution in [0.3, 0.4) is 0 Å². The fourth-order valence-corrected chi connectivity index (χ4v) is 3.11. The maximum atomic E-state index is 12.6. The SMILES string of the molecule is CC(C)(C)OC(=O)c1c(O)ccn1-c1ccc(-n2ccc(O)c2C(=O)OC(C)(C)C)cc1. The minimum absolute atomic E-state index is 0.0146. The Kier molecular flexibility index (Phi) is 5.82. The molecule has 0 atom stereocenters. The summed E-state index contributed by atoms with van der Waals surface area (Å²) in [5.41, 5.74) is -0.190. The third kappa shape index (κ3) is 4.96. The molecule has 32 heavy (non-hydrogen) atoms. The fraction of sp³-hybridized carbons (Fsp3) is 0.333. The molecule has 3 rings (SSSR count). The Morgan fingerprint density at radius 2 is 0.969 bits per heavy atom. The quantitative estimate of drug-likeness (QED) is 0.575. The molecule has 2 N–H and O–H groups in total. The van der Waals surface area contributed by atoms with Crippen LogP contribution in [0.5, 0.6) is 11.5 Å². The highest BCUT2D eigenvalue weighted by atomic mass is 16.6. The van der Waals surface area contributed by atoms with Crippen molar-refractivity contribution in [1.82, 2.24) is 9.13 Å². The van der Waals surface area contributed by atoms with Gasteiger partial charge in [-0.25, -0.2) is 9.59 Å². The molecule has 0 unspecified atom stereocenters. The lowest BCUT2D eigenvalue weighted by molar-refractivity contribution is 0.00447. The van der Waals surface area contributed by atoms with E-state index >= 15 is 0 Å². The van der Waals surface area contributed by atoms with Crippen LogP contribution in [0.25, 0.3) is 11.4 Å². The molecule has 170 valence electrons. The fourth-order valence-electron chi connectivity index (χ4n) is 3.11. The maximum absolute atomic E-state index is 12.6. The van der Waals surface area contributed by atoms with E-state index in [2.05, 4.69) is 0 Å². The zero-order valence-corrected chi connectivity index (χ0v) is 19.0. The van der Waals surface area contributed by atoms with Crippen molar-refractivity contribution in [3.8, 4) is 22.9 Å². The molecule has 2 aromatic heterocycles. The molecule has 0 fully saturated rings. The highest BCUT2D eigenvalue weighted by Gasteiger charge is 2.26. The first-order valence-corrected chi connectivity index (χ1v) is 10.1. The minimum atomic E-state index is -0.711. The van der Waals surface area contributed by atoms with E-state index in [4.69, 9.17) is 9.47 Å². The Bertz CT molecular complexity index is 1050. The highest BCUT2D eigenvalue weighted by molar-refractivity contribution is 5.92. The van der Waals surface area contributed by atoms with Crippen LogP contribution in [-0.2, 0) is 9.47 Å². The number of rotatable bonds is 4. The van der Waals surface area contributed by atoms with Crippen LogP contribution in [0, 0.1) is 0 Å². The summed E-state index contributed by atoms with van der Waals surface area (Å²) in [6, 6.07) is 9.71. The smallest absolute Gasteiger partial charge is 0.359 e. The van der Waals surface area contributed by atoms with E-state index in [9.17, 15) is 19.8 Å². The van der Waals surface area contributed by atoms with Gasteiger partial charge in [-0.05, 0) is 77.9 Å². The number of benzene rings is 1. The van der Waals surface area contributed by atoms with Gasteiger partial charge in [0.1, 0.15) is 22.7 Å². The molecular weight excluding hydrogens is 412 g/mol. The molecule has 2 heterocycles. The van der Waals surface area contributed by atoms with E-state index in [0.717, 1.165) is 0 Å². The van der Waals surface area contributed by atoms with Gasteiger partial charge in [0.25, 0.3) is 0 Å². The summed E-state index contributed by atoms with van der Waals surface area (Å²) in [6.45, 7) is 10.5. The molecule has 0 spiro atoms. The van der Waals surface area contributed by atoms with Gasteiger partial charge >= 0.3 is 11.9 Å². The van der Waals surface area contributed by atoms with E-state index in [1.54, 1.807) is 78.2 Å². The monoisotopic (exact) mass is 440 g/mol. The van der Waals surface area contributed by atoms with Gasteiger partial charge in [-0.15, -0.1) is 0 Å². The molecule has 0 saturated heterocycles. The van der Waals surface area contributed by atoms with Gasteiger partial charge in [0.05, 0.1) is 0 Å². The molecule has 0 amide bonds. The normalized spacial score (nSPS) is 11.9. The summed E-state index contributed by atoms with van der Waals surface area (Å²) < 4.78 is 13.8. The van der Waals surface area contributed by atoms with Crippen LogP contribution in [-0.4, -0.2) is 42.5 Å². The number of nitrogens with zero attached hydrogens (tertiary/aromatic N) is 2. The topological polar surface area (TPSA) is 103 Å². The summed E-state index contributed by atoms with van der Waals surface area (Å²) in [4.78, 5) is 25.1. The Labute approximate surface area is 186 Å². The average Bonchev–Trinajstić information content (AvgIpc) is 3.22. The van der Waals surface area contributed by atoms with Crippen molar-refractivity contribution in [2.24, 2.45) is 0 Å². The third-order valence-corrected chi connectivity index (χ3v) is 4.32. The lowest BCUT2D eigenvalue weighted by atomic mass is 10.2. The zero-order chi connectivity index (χ0) is 23.8. The second-order valence-electron chi connectivity index (χ2n) is 9.36. The number of ether oxygens (including phenoxy) is 2. The van der Waals surface area contributed by atoms with Gasteiger partial charge in [-0.2, -0.15) is 0 Å². The Morgan fingerprint density at radius 1 is 0.656 bits per heavy atom. The highest BCUT2D eigenvalue weighted by Crippen LogP contribution is 2.28. The number of aromatic nitrogens is 2. The summed E-state index contributed by atoms with van der Waals surface area (Å²) in [5.74, 6) is -1.67. The predicted octanol–water partition coefficient (Wildman–Crippen LogP) is 4.59. The lowest BCUT2D eigenvalue weighted by Crippen LogP contribution is -2.25. The summed E-state index contributed by atoms with van der Waals surface area (Å²) in [7, 11) is 0. The molecule has 0 saturated carbocycles. The van der Waals surface area contributed by atoms with E-state index in [1.807, 2.05) is 0 Å². The molecular formula is C24H28N2O6. The first kappa shape index (κ1) is 23.0.